The van der Waals surface area contributed by atoms with Crippen LogP contribution in [0, 0.1) is 5.75 Å². The van der Waals surface area contributed by atoms with E-state index in [0.29, 0.717) is 4.95 Å². The van der Waals surface area contributed by atoms with Gasteiger partial charge in [-0.25, -0.2) is 0 Å². The standard InChI is InChI=1S/C3H5BrNS/c4-3-1-2-6-5-3/h2-3,5H,1H2. The summed E-state index contributed by atoms with van der Waals surface area (Å²) in [7, 11) is 0. The highest BCUT2D eigenvalue weighted by Crippen LogP contribution is 2.20. The largest absolute Gasteiger partial charge is 0.250 e. The van der Waals surface area contributed by atoms with Gasteiger partial charge in [0.15, 0.2) is 0 Å². The van der Waals surface area contributed by atoms with Crippen molar-refractivity contribution in [1.82, 2.24) is 4.72 Å². The van der Waals surface area contributed by atoms with Gasteiger partial charge in [0, 0.05) is 5.75 Å². The van der Waals surface area contributed by atoms with Crippen molar-refractivity contribution in [2.45, 2.75) is 11.4 Å². The zero-order chi connectivity index (χ0) is 4.41. The maximum Gasteiger partial charge on any atom is 0.0735 e. The number of halogens is 1. The SMILES string of the molecule is BrC1C[CH]SN1. The topological polar surface area (TPSA) is 12.0 Å². The maximum atomic E-state index is 3.38. The van der Waals surface area contributed by atoms with Gasteiger partial charge >= 0.3 is 0 Å². The third-order valence-electron chi connectivity index (χ3n) is 0.582. The van der Waals surface area contributed by atoms with Crippen LogP contribution in [0.5, 0.6) is 0 Å². The first-order valence-corrected chi connectivity index (χ1v) is 3.56. The summed E-state index contributed by atoms with van der Waals surface area (Å²) in [5.74, 6) is 2.14. The fourth-order valence-corrected chi connectivity index (χ4v) is 1.69. The molecule has 1 rings (SSSR count). The van der Waals surface area contributed by atoms with Crippen molar-refractivity contribution in [2.75, 3.05) is 0 Å². The van der Waals surface area contributed by atoms with Crippen LogP contribution in [0.25, 0.3) is 0 Å². The first-order chi connectivity index (χ1) is 2.89. The molecule has 1 saturated heterocycles. The first-order valence-electron chi connectivity index (χ1n) is 1.76. The third kappa shape index (κ3) is 1.13. The molecule has 0 spiro atoms. The van der Waals surface area contributed by atoms with Crippen LogP contribution in [0.3, 0.4) is 0 Å². The van der Waals surface area contributed by atoms with Crippen molar-refractivity contribution in [2.24, 2.45) is 0 Å². The zero-order valence-electron chi connectivity index (χ0n) is 3.15. The van der Waals surface area contributed by atoms with Crippen LogP contribution in [-0.2, 0) is 0 Å². The molecule has 1 nitrogen and oxygen atoms in total. The quantitative estimate of drug-likeness (QED) is 0.333. The molecule has 1 radical (unpaired) electrons. The molecular formula is C3H5BrNS. The number of nitrogens with one attached hydrogen (secondary N) is 1. The van der Waals surface area contributed by atoms with E-state index in [1.807, 2.05) is 0 Å². The van der Waals surface area contributed by atoms with Gasteiger partial charge in [-0.2, -0.15) is 0 Å². The van der Waals surface area contributed by atoms with E-state index in [1.54, 1.807) is 11.9 Å². The number of rotatable bonds is 0. The summed E-state index contributed by atoms with van der Waals surface area (Å²) in [5, 5.41) is 0. The molecule has 35 valence electrons. The Labute approximate surface area is 50.1 Å². The molecule has 3 heteroatoms. The molecule has 1 aliphatic rings. The van der Waals surface area contributed by atoms with E-state index in [0.717, 1.165) is 6.42 Å². The van der Waals surface area contributed by atoms with Gasteiger partial charge in [-0.1, -0.05) is 27.9 Å². The van der Waals surface area contributed by atoms with Crippen molar-refractivity contribution in [3.8, 4) is 0 Å². The minimum absolute atomic E-state index is 0.516. The number of alkyl halides is 1. The molecule has 0 saturated carbocycles. The summed E-state index contributed by atoms with van der Waals surface area (Å²) in [6.07, 6.45) is 1.13. The van der Waals surface area contributed by atoms with Crippen LogP contribution in [0.4, 0.5) is 0 Å². The van der Waals surface area contributed by atoms with Gasteiger partial charge in [0.1, 0.15) is 0 Å². The van der Waals surface area contributed by atoms with Gasteiger partial charge in [0.2, 0.25) is 0 Å². The van der Waals surface area contributed by atoms with Crippen LogP contribution in [0.15, 0.2) is 0 Å². The normalized spacial score (nSPS) is 34.5. The van der Waals surface area contributed by atoms with Crippen LogP contribution in [0.2, 0.25) is 0 Å². The Kier molecular flexibility index (Phi) is 1.80. The Bertz CT molecular complexity index is 44.1. The molecule has 1 heterocycles. The minimum Gasteiger partial charge on any atom is -0.250 e. The summed E-state index contributed by atoms with van der Waals surface area (Å²) < 4.78 is 3.10. The zero-order valence-corrected chi connectivity index (χ0v) is 5.55. The second kappa shape index (κ2) is 2.19. The average molecular weight is 167 g/mol. The molecule has 1 atom stereocenters. The Morgan fingerprint density at radius 1 is 2.00 bits per heavy atom. The van der Waals surface area contributed by atoms with Gasteiger partial charge in [0.05, 0.1) is 4.95 Å². The highest BCUT2D eigenvalue weighted by molar-refractivity contribution is 9.09. The molecule has 0 aromatic heterocycles. The smallest absolute Gasteiger partial charge is 0.0735 e. The summed E-state index contributed by atoms with van der Waals surface area (Å²) in [5.41, 5.74) is 0. The molecule has 1 unspecified atom stereocenters. The fraction of sp³-hybridized carbons (Fsp3) is 0.667. The lowest BCUT2D eigenvalue weighted by Gasteiger charge is -1.90. The Morgan fingerprint density at radius 3 is 3.00 bits per heavy atom. The lowest BCUT2D eigenvalue weighted by Crippen LogP contribution is -2.05. The highest BCUT2D eigenvalue weighted by Gasteiger charge is 2.08. The molecule has 1 N–H and O–H groups in total. The molecule has 1 aliphatic heterocycles. The highest BCUT2D eigenvalue weighted by atomic mass is 79.9. The Balaban J connectivity index is 2.18. The van der Waals surface area contributed by atoms with E-state index in [2.05, 4.69) is 26.4 Å². The van der Waals surface area contributed by atoms with E-state index in [1.165, 1.54) is 0 Å². The second-order valence-electron chi connectivity index (χ2n) is 1.11. The van der Waals surface area contributed by atoms with Gasteiger partial charge in [-0.05, 0) is 6.42 Å². The first kappa shape index (κ1) is 4.94. The summed E-state index contributed by atoms with van der Waals surface area (Å²) in [4.78, 5) is 0.516. The molecule has 6 heavy (non-hydrogen) atoms. The lowest BCUT2D eigenvalue weighted by molar-refractivity contribution is 0.915. The van der Waals surface area contributed by atoms with E-state index in [4.69, 9.17) is 0 Å². The van der Waals surface area contributed by atoms with Crippen molar-refractivity contribution in [3.63, 3.8) is 0 Å². The van der Waals surface area contributed by atoms with Crippen molar-refractivity contribution >= 4 is 27.9 Å². The van der Waals surface area contributed by atoms with Gasteiger partial charge in [0.25, 0.3) is 0 Å². The average Bonchev–Trinajstić information content (AvgIpc) is 1.86. The third-order valence-corrected chi connectivity index (χ3v) is 2.27. The molecule has 0 aromatic rings. The van der Waals surface area contributed by atoms with Gasteiger partial charge in [-0.3, -0.25) is 4.72 Å². The molecule has 0 aromatic carbocycles. The maximum absolute atomic E-state index is 3.38. The van der Waals surface area contributed by atoms with Crippen molar-refractivity contribution in [3.05, 3.63) is 5.75 Å². The Hall–Kier alpha value is 0.790. The summed E-state index contributed by atoms with van der Waals surface area (Å²) >= 11 is 5.04. The predicted octanol–water partition coefficient (Wildman–Crippen LogP) is 1.51. The molecule has 0 aliphatic carbocycles. The van der Waals surface area contributed by atoms with E-state index < -0.39 is 0 Å². The lowest BCUT2D eigenvalue weighted by atomic mass is 10.5. The molecule has 0 amide bonds. The van der Waals surface area contributed by atoms with Gasteiger partial charge in [-0.15, -0.1) is 0 Å². The van der Waals surface area contributed by atoms with Gasteiger partial charge < -0.3 is 0 Å². The summed E-state index contributed by atoms with van der Waals surface area (Å²) in [6.45, 7) is 0. The Morgan fingerprint density at radius 2 is 2.83 bits per heavy atom. The molecule has 0 bridgehead atoms. The van der Waals surface area contributed by atoms with Crippen LogP contribution in [0.1, 0.15) is 6.42 Å². The van der Waals surface area contributed by atoms with Crippen LogP contribution >= 0.6 is 27.9 Å². The second-order valence-corrected chi connectivity index (χ2v) is 3.02. The fourth-order valence-electron chi connectivity index (χ4n) is 0.303. The minimum atomic E-state index is 0.516. The monoisotopic (exact) mass is 166 g/mol. The molecule has 1 fully saturated rings. The van der Waals surface area contributed by atoms with Crippen molar-refractivity contribution < 1.29 is 0 Å². The van der Waals surface area contributed by atoms with Crippen molar-refractivity contribution in [1.29, 1.82) is 0 Å². The summed E-state index contributed by atoms with van der Waals surface area (Å²) in [6, 6.07) is 0. The van der Waals surface area contributed by atoms with Crippen LogP contribution < -0.4 is 4.72 Å². The predicted molar refractivity (Wildman–Crippen MR) is 32.4 cm³/mol. The van der Waals surface area contributed by atoms with E-state index in [-0.39, 0.29) is 0 Å². The van der Waals surface area contributed by atoms with E-state index in [9.17, 15) is 0 Å². The number of hydrogen-bond donors (Lipinski definition) is 1. The molecular weight excluding hydrogens is 162 g/mol. The van der Waals surface area contributed by atoms with E-state index >= 15 is 0 Å². The van der Waals surface area contributed by atoms with Crippen LogP contribution in [-0.4, -0.2) is 4.95 Å². The number of hydrogen-bond acceptors (Lipinski definition) is 2.